The van der Waals surface area contributed by atoms with Crippen LogP contribution in [0.4, 0.5) is 0 Å². The lowest BCUT2D eigenvalue weighted by atomic mass is 9.95. The Hall–Kier alpha value is -3.22. The molecule has 3 rings (SSSR count). The Morgan fingerprint density at radius 1 is 1.09 bits per heavy atom. The third kappa shape index (κ3) is 6.22. The zero-order chi connectivity index (χ0) is 24.7. The molecule has 0 spiro atoms. The lowest BCUT2D eigenvalue weighted by Gasteiger charge is -2.31. The second-order valence-corrected chi connectivity index (χ2v) is 10.4. The zero-order valence-electron chi connectivity index (χ0n) is 19.3. The number of carbonyl (C=O) groups excluding carboxylic acids is 2. The van der Waals surface area contributed by atoms with E-state index in [0.717, 1.165) is 5.56 Å². The van der Waals surface area contributed by atoms with Gasteiger partial charge >= 0.3 is 5.97 Å². The molecule has 0 radical (unpaired) electrons. The number of nitrogens with one attached hydrogen (secondary N) is 1. The van der Waals surface area contributed by atoms with Gasteiger partial charge < -0.3 is 10.1 Å². The molecule has 2 aromatic carbocycles. The van der Waals surface area contributed by atoms with Crippen LogP contribution >= 0.6 is 0 Å². The summed E-state index contributed by atoms with van der Waals surface area (Å²) in [6.07, 6.45) is 0.443. The molecule has 1 amide bonds. The van der Waals surface area contributed by atoms with Gasteiger partial charge in [-0.3, -0.25) is 9.59 Å². The fourth-order valence-corrected chi connectivity index (χ4v) is 5.60. The van der Waals surface area contributed by atoms with Crippen molar-refractivity contribution in [3.05, 3.63) is 65.7 Å². The highest BCUT2D eigenvalue weighted by Crippen LogP contribution is 2.27. The molecule has 0 aliphatic carbocycles. The largest absolute Gasteiger partial charge is 0.463 e. The van der Waals surface area contributed by atoms with E-state index in [2.05, 4.69) is 5.32 Å². The van der Waals surface area contributed by atoms with Gasteiger partial charge in [-0.05, 0) is 44.4 Å². The van der Waals surface area contributed by atoms with Crippen LogP contribution in [0.2, 0.25) is 0 Å². The number of amides is 1. The average Bonchev–Trinajstić information content (AvgIpc) is 2.83. The first kappa shape index (κ1) is 25.4. The van der Waals surface area contributed by atoms with Gasteiger partial charge in [-0.25, -0.2) is 8.42 Å². The molecule has 1 aliphatic heterocycles. The number of rotatable bonds is 8. The molecule has 0 aromatic heterocycles. The zero-order valence-corrected chi connectivity index (χ0v) is 20.1. The lowest BCUT2D eigenvalue weighted by molar-refractivity contribution is -0.148. The number of sulfonamides is 1. The average molecular weight is 484 g/mol. The minimum atomic E-state index is -3.83. The van der Waals surface area contributed by atoms with E-state index in [1.165, 1.54) is 16.4 Å². The fraction of sp³-hybridized carbons (Fsp3) is 0.400. The molecule has 8 nitrogen and oxygen atoms in total. The molecule has 0 bridgehead atoms. The Labute approximate surface area is 200 Å². The minimum Gasteiger partial charge on any atom is -0.463 e. The number of hydrogen-bond donors (Lipinski definition) is 1. The molecule has 1 fully saturated rings. The highest BCUT2D eigenvalue weighted by atomic mass is 32.2. The van der Waals surface area contributed by atoms with Crippen LogP contribution in [-0.2, 0) is 24.3 Å². The van der Waals surface area contributed by atoms with E-state index in [0.29, 0.717) is 12.8 Å². The molecule has 1 aliphatic rings. The maximum Gasteiger partial charge on any atom is 0.308 e. The number of hydrogen-bond acceptors (Lipinski definition) is 6. The monoisotopic (exact) mass is 483 g/mol. The summed E-state index contributed by atoms with van der Waals surface area (Å²) in [5.74, 6) is -1.01. The third-order valence-corrected chi connectivity index (χ3v) is 7.66. The summed E-state index contributed by atoms with van der Waals surface area (Å²) < 4.78 is 32.7. The summed E-state index contributed by atoms with van der Waals surface area (Å²) in [5.41, 5.74) is 0.894. The summed E-state index contributed by atoms with van der Waals surface area (Å²) in [6, 6.07) is 16.7. The molecule has 9 heteroatoms. The highest BCUT2D eigenvalue weighted by molar-refractivity contribution is 7.89. The first-order chi connectivity index (χ1) is 16.2. The number of benzene rings is 2. The minimum absolute atomic E-state index is 0.00605. The predicted molar refractivity (Wildman–Crippen MR) is 126 cm³/mol. The van der Waals surface area contributed by atoms with E-state index >= 15 is 0 Å². The number of carbonyl (C=O) groups is 2. The SMILES string of the molecule is CC(C)OC(=O)CC(NC(=O)C1CCN(S(=O)(=O)c2ccccc2C#N)CC1)c1ccccc1. The molecule has 1 N–H and O–H groups in total. The second-order valence-electron chi connectivity index (χ2n) is 8.50. The number of nitrogens with zero attached hydrogens (tertiary/aromatic N) is 2. The van der Waals surface area contributed by atoms with Crippen molar-refractivity contribution in [2.75, 3.05) is 13.1 Å². The quantitative estimate of drug-likeness (QED) is 0.577. The fourth-order valence-electron chi connectivity index (χ4n) is 3.99. The lowest BCUT2D eigenvalue weighted by Crippen LogP contribution is -2.44. The first-order valence-electron chi connectivity index (χ1n) is 11.3. The highest BCUT2D eigenvalue weighted by Gasteiger charge is 2.34. The smallest absolute Gasteiger partial charge is 0.308 e. The summed E-state index contributed by atoms with van der Waals surface area (Å²) in [4.78, 5) is 25.3. The molecule has 180 valence electrons. The normalized spacial score (nSPS) is 15.9. The maximum absolute atomic E-state index is 13.0. The van der Waals surface area contributed by atoms with Gasteiger partial charge in [0.05, 0.1) is 29.0 Å². The van der Waals surface area contributed by atoms with Crippen LogP contribution in [0.1, 0.15) is 50.3 Å². The summed E-state index contributed by atoms with van der Waals surface area (Å²) in [6.45, 7) is 3.88. The summed E-state index contributed by atoms with van der Waals surface area (Å²) >= 11 is 0. The van der Waals surface area contributed by atoms with Gasteiger partial charge in [-0.15, -0.1) is 0 Å². The number of nitriles is 1. The molecular formula is C25H29N3O5S. The van der Waals surface area contributed by atoms with Crippen molar-refractivity contribution in [3.63, 3.8) is 0 Å². The van der Waals surface area contributed by atoms with Crippen molar-refractivity contribution in [2.45, 2.75) is 50.2 Å². The van der Waals surface area contributed by atoms with Crippen molar-refractivity contribution >= 4 is 21.9 Å². The van der Waals surface area contributed by atoms with E-state index in [1.807, 2.05) is 36.4 Å². The summed E-state index contributed by atoms with van der Waals surface area (Å²) in [7, 11) is -3.83. The van der Waals surface area contributed by atoms with Gasteiger partial charge in [-0.2, -0.15) is 9.57 Å². The predicted octanol–water partition coefficient (Wildman–Crippen LogP) is 3.16. The molecule has 2 aromatic rings. The maximum atomic E-state index is 13.0. The van der Waals surface area contributed by atoms with Crippen LogP contribution in [-0.4, -0.2) is 43.8 Å². The van der Waals surface area contributed by atoms with E-state index < -0.39 is 22.0 Å². The van der Waals surface area contributed by atoms with Crippen LogP contribution in [0.25, 0.3) is 0 Å². The standard InChI is InChI=1S/C25H29N3O5S/c1-18(2)33-24(29)16-22(19-8-4-3-5-9-19)27-25(30)20-12-14-28(15-13-20)34(31,32)23-11-7-6-10-21(23)17-26/h3-11,18,20,22H,12-16H2,1-2H3,(H,27,30). The van der Waals surface area contributed by atoms with Crippen molar-refractivity contribution in [3.8, 4) is 6.07 Å². The first-order valence-corrected chi connectivity index (χ1v) is 12.7. The van der Waals surface area contributed by atoms with E-state index in [1.54, 1.807) is 26.0 Å². The van der Waals surface area contributed by atoms with E-state index in [9.17, 15) is 23.3 Å². The van der Waals surface area contributed by atoms with Crippen LogP contribution in [0, 0.1) is 17.2 Å². The summed E-state index contributed by atoms with van der Waals surface area (Å²) in [5, 5.41) is 12.2. The molecule has 1 unspecified atom stereocenters. The van der Waals surface area contributed by atoms with E-state index in [-0.39, 0.29) is 47.9 Å². The molecule has 1 atom stereocenters. The molecule has 1 saturated heterocycles. The van der Waals surface area contributed by atoms with Crippen molar-refractivity contribution in [1.29, 1.82) is 5.26 Å². The number of ether oxygens (including phenoxy) is 1. The van der Waals surface area contributed by atoms with Gasteiger partial charge in [0.2, 0.25) is 15.9 Å². The van der Waals surface area contributed by atoms with Gasteiger partial charge in [0.1, 0.15) is 6.07 Å². The molecule has 0 saturated carbocycles. The van der Waals surface area contributed by atoms with Crippen LogP contribution in [0.5, 0.6) is 0 Å². The van der Waals surface area contributed by atoms with Gasteiger partial charge in [0.25, 0.3) is 0 Å². The topological polar surface area (TPSA) is 117 Å². The van der Waals surface area contributed by atoms with Crippen LogP contribution in [0.3, 0.4) is 0 Å². The molecular weight excluding hydrogens is 454 g/mol. The Morgan fingerprint density at radius 2 is 1.71 bits per heavy atom. The Kier molecular flexibility index (Phi) is 8.42. The molecule has 34 heavy (non-hydrogen) atoms. The number of esters is 1. The van der Waals surface area contributed by atoms with Gasteiger partial charge in [0, 0.05) is 19.0 Å². The Bertz CT molecular complexity index is 1150. The third-order valence-electron chi connectivity index (χ3n) is 5.71. The van der Waals surface area contributed by atoms with Crippen molar-refractivity contribution < 1.29 is 22.7 Å². The van der Waals surface area contributed by atoms with Gasteiger partial charge in [0.15, 0.2) is 0 Å². The Balaban J connectivity index is 1.66. The van der Waals surface area contributed by atoms with Crippen molar-refractivity contribution in [2.24, 2.45) is 5.92 Å². The second kappa shape index (κ2) is 11.3. The van der Waals surface area contributed by atoms with Crippen molar-refractivity contribution in [1.82, 2.24) is 9.62 Å². The Morgan fingerprint density at radius 3 is 2.32 bits per heavy atom. The van der Waals surface area contributed by atoms with Crippen LogP contribution in [0.15, 0.2) is 59.5 Å². The van der Waals surface area contributed by atoms with E-state index in [4.69, 9.17) is 4.74 Å². The van der Waals surface area contributed by atoms with Crippen LogP contribution < -0.4 is 5.32 Å². The number of piperidine rings is 1. The molecule has 1 heterocycles. The van der Waals surface area contributed by atoms with Gasteiger partial charge in [-0.1, -0.05) is 42.5 Å².